The highest BCUT2D eigenvalue weighted by molar-refractivity contribution is 5.85. The van der Waals surface area contributed by atoms with Crippen LogP contribution in [0.15, 0.2) is 4.99 Å². The molecule has 2 saturated heterocycles. The van der Waals surface area contributed by atoms with Crippen LogP contribution in [0.3, 0.4) is 0 Å². The van der Waals surface area contributed by atoms with Gasteiger partial charge in [0, 0.05) is 27.7 Å². The highest BCUT2D eigenvalue weighted by atomic mass is 16.5. The standard InChI is InChI=1S/C17H30N4O2/c1-18-16(20-13-10-12-6-7-14(13)23-12)19-11-17(8-4-5-9-17)15(22)21(2)3/h12-14H,4-11H2,1-3H3,(H2,18,19,20). The molecule has 2 aliphatic heterocycles. The van der Waals surface area contributed by atoms with Crippen LogP contribution in [0.5, 0.6) is 0 Å². The molecule has 1 aliphatic carbocycles. The normalized spacial score (nSPS) is 32.1. The van der Waals surface area contributed by atoms with Crippen LogP contribution in [0.4, 0.5) is 0 Å². The van der Waals surface area contributed by atoms with Crippen LogP contribution in [0.1, 0.15) is 44.9 Å². The van der Waals surface area contributed by atoms with Gasteiger partial charge in [-0.25, -0.2) is 0 Å². The molecule has 0 aromatic carbocycles. The predicted molar refractivity (Wildman–Crippen MR) is 90.4 cm³/mol. The van der Waals surface area contributed by atoms with Crippen LogP contribution >= 0.6 is 0 Å². The number of hydrogen-bond acceptors (Lipinski definition) is 3. The first-order valence-corrected chi connectivity index (χ1v) is 8.88. The lowest BCUT2D eigenvalue weighted by Crippen LogP contribution is -2.52. The van der Waals surface area contributed by atoms with Crippen molar-refractivity contribution in [1.82, 2.24) is 15.5 Å². The molecule has 6 heteroatoms. The van der Waals surface area contributed by atoms with E-state index in [0.29, 0.717) is 24.8 Å². The van der Waals surface area contributed by atoms with E-state index in [1.54, 1.807) is 11.9 Å². The summed E-state index contributed by atoms with van der Waals surface area (Å²) in [6, 6.07) is 0.351. The van der Waals surface area contributed by atoms with Crippen molar-refractivity contribution in [3.63, 3.8) is 0 Å². The third kappa shape index (κ3) is 3.32. The number of hydrogen-bond donors (Lipinski definition) is 2. The molecule has 0 aromatic rings. The van der Waals surface area contributed by atoms with E-state index in [2.05, 4.69) is 15.6 Å². The van der Waals surface area contributed by atoms with Gasteiger partial charge in [0.05, 0.1) is 23.7 Å². The fraction of sp³-hybridized carbons (Fsp3) is 0.882. The summed E-state index contributed by atoms with van der Waals surface area (Å²) >= 11 is 0. The van der Waals surface area contributed by atoms with Gasteiger partial charge in [-0.1, -0.05) is 12.8 Å². The van der Waals surface area contributed by atoms with Crippen LogP contribution < -0.4 is 10.6 Å². The molecular formula is C17H30N4O2. The highest BCUT2D eigenvalue weighted by Gasteiger charge is 2.43. The Morgan fingerprint density at radius 3 is 2.57 bits per heavy atom. The molecule has 0 radical (unpaired) electrons. The summed E-state index contributed by atoms with van der Waals surface area (Å²) in [5.41, 5.74) is -0.272. The number of ether oxygens (including phenoxy) is 1. The number of nitrogens with zero attached hydrogens (tertiary/aromatic N) is 2. The van der Waals surface area contributed by atoms with Gasteiger partial charge < -0.3 is 20.3 Å². The second-order valence-corrected chi connectivity index (χ2v) is 7.47. The van der Waals surface area contributed by atoms with Crippen molar-refractivity contribution >= 4 is 11.9 Å². The highest BCUT2D eigenvalue weighted by Crippen LogP contribution is 2.39. The number of amides is 1. The molecule has 23 heavy (non-hydrogen) atoms. The molecule has 130 valence electrons. The number of nitrogens with one attached hydrogen (secondary N) is 2. The van der Waals surface area contributed by atoms with E-state index in [4.69, 9.17) is 4.74 Å². The summed E-state index contributed by atoms with van der Waals surface area (Å²) in [6.45, 7) is 0.658. The maximum Gasteiger partial charge on any atom is 0.230 e. The largest absolute Gasteiger partial charge is 0.373 e. The van der Waals surface area contributed by atoms with Crippen molar-refractivity contribution in [2.45, 2.75) is 63.2 Å². The molecule has 3 rings (SSSR count). The number of guanidine groups is 1. The Kier molecular flexibility index (Phi) is 4.80. The van der Waals surface area contributed by atoms with E-state index in [0.717, 1.165) is 44.5 Å². The van der Waals surface area contributed by atoms with Gasteiger partial charge in [0.25, 0.3) is 0 Å². The van der Waals surface area contributed by atoms with Crippen LogP contribution in [0.2, 0.25) is 0 Å². The SMILES string of the molecule is CN=C(NCC1(C(=O)N(C)C)CCCC1)NC1CC2CCC1O2. The lowest BCUT2D eigenvalue weighted by Gasteiger charge is -2.32. The summed E-state index contributed by atoms with van der Waals surface area (Å²) in [7, 11) is 5.49. The third-order valence-corrected chi connectivity index (χ3v) is 5.67. The number of fused-ring (bicyclic) bond motifs is 2. The Morgan fingerprint density at radius 1 is 1.30 bits per heavy atom. The molecule has 3 unspecified atom stereocenters. The third-order valence-electron chi connectivity index (χ3n) is 5.67. The lowest BCUT2D eigenvalue weighted by atomic mass is 9.84. The second-order valence-electron chi connectivity index (χ2n) is 7.47. The quantitative estimate of drug-likeness (QED) is 0.601. The fourth-order valence-electron chi connectivity index (χ4n) is 4.41. The predicted octanol–water partition coefficient (Wildman–Crippen LogP) is 1.12. The number of carbonyl (C=O) groups is 1. The number of carbonyl (C=O) groups excluding carboxylic acids is 1. The monoisotopic (exact) mass is 322 g/mol. The molecule has 0 spiro atoms. The Labute approximate surface area is 139 Å². The van der Waals surface area contributed by atoms with Gasteiger partial charge in [0.1, 0.15) is 0 Å². The summed E-state index contributed by atoms with van der Waals surface area (Å²) in [6.07, 6.45) is 8.33. The molecule has 3 aliphatic rings. The Balaban J connectivity index is 1.57. The van der Waals surface area contributed by atoms with Crippen molar-refractivity contribution in [2.75, 3.05) is 27.7 Å². The lowest BCUT2D eigenvalue weighted by molar-refractivity contribution is -0.138. The van der Waals surface area contributed by atoms with E-state index < -0.39 is 0 Å². The molecule has 2 heterocycles. The Bertz CT molecular complexity index is 471. The van der Waals surface area contributed by atoms with E-state index in [-0.39, 0.29) is 11.3 Å². The van der Waals surface area contributed by atoms with E-state index in [9.17, 15) is 4.79 Å². The molecule has 3 atom stereocenters. The summed E-state index contributed by atoms with van der Waals surface area (Å²) in [4.78, 5) is 18.7. The molecule has 6 nitrogen and oxygen atoms in total. The Morgan fingerprint density at radius 2 is 2.04 bits per heavy atom. The van der Waals surface area contributed by atoms with Crippen LogP contribution in [-0.4, -0.2) is 62.7 Å². The molecule has 1 amide bonds. The zero-order valence-corrected chi connectivity index (χ0v) is 14.6. The first-order valence-electron chi connectivity index (χ1n) is 8.88. The zero-order valence-electron chi connectivity index (χ0n) is 14.6. The maximum atomic E-state index is 12.6. The Hall–Kier alpha value is -1.30. The zero-order chi connectivity index (χ0) is 16.4. The summed E-state index contributed by atoms with van der Waals surface area (Å²) in [5.74, 6) is 1.03. The van der Waals surface area contributed by atoms with Crippen molar-refractivity contribution in [3.8, 4) is 0 Å². The number of rotatable bonds is 4. The summed E-state index contributed by atoms with van der Waals surface area (Å²) < 4.78 is 5.89. The summed E-state index contributed by atoms with van der Waals surface area (Å²) in [5, 5.41) is 6.91. The van der Waals surface area contributed by atoms with Gasteiger partial charge in [-0.2, -0.15) is 0 Å². The molecule has 3 fully saturated rings. The second kappa shape index (κ2) is 6.67. The van der Waals surface area contributed by atoms with Crippen molar-refractivity contribution in [3.05, 3.63) is 0 Å². The van der Waals surface area contributed by atoms with Crippen molar-refractivity contribution < 1.29 is 9.53 Å². The van der Waals surface area contributed by atoms with Crippen molar-refractivity contribution in [1.29, 1.82) is 0 Å². The molecular weight excluding hydrogens is 292 g/mol. The first-order chi connectivity index (χ1) is 11.0. The van der Waals surface area contributed by atoms with E-state index >= 15 is 0 Å². The van der Waals surface area contributed by atoms with Gasteiger partial charge in [-0.3, -0.25) is 9.79 Å². The minimum atomic E-state index is -0.272. The van der Waals surface area contributed by atoms with Gasteiger partial charge in [-0.05, 0) is 32.1 Å². The smallest absolute Gasteiger partial charge is 0.230 e. The minimum absolute atomic E-state index is 0.237. The van der Waals surface area contributed by atoms with Gasteiger partial charge in [0.2, 0.25) is 5.91 Å². The average Bonchev–Trinajstić information content (AvgIpc) is 3.27. The molecule has 0 aromatic heterocycles. The average molecular weight is 322 g/mol. The van der Waals surface area contributed by atoms with Gasteiger partial charge in [-0.15, -0.1) is 0 Å². The van der Waals surface area contributed by atoms with Crippen LogP contribution in [0.25, 0.3) is 0 Å². The fourth-order valence-corrected chi connectivity index (χ4v) is 4.41. The molecule has 2 bridgehead atoms. The van der Waals surface area contributed by atoms with Crippen LogP contribution in [-0.2, 0) is 9.53 Å². The first kappa shape index (κ1) is 16.6. The number of aliphatic imine (C=N–C) groups is 1. The molecule has 1 saturated carbocycles. The maximum absolute atomic E-state index is 12.6. The van der Waals surface area contributed by atoms with E-state index in [1.165, 1.54) is 6.42 Å². The van der Waals surface area contributed by atoms with Crippen molar-refractivity contribution in [2.24, 2.45) is 10.4 Å². The van der Waals surface area contributed by atoms with E-state index in [1.807, 2.05) is 14.1 Å². The topological polar surface area (TPSA) is 66.0 Å². The van der Waals surface area contributed by atoms with Crippen LogP contribution in [0, 0.1) is 5.41 Å². The van der Waals surface area contributed by atoms with Gasteiger partial charge in [0.15, 0.2) is 5.96 Å². The van der Waals surface area contributed by atoms with Gasteiger partial charge >= 0.3 is 0 Å². The minimum Gasteiger partial charge on any atom is -0.373 e. The molecule has 2 N–H and O–H groups in total.